The Labute approximate surface area is 131 Å². The number of hydrogen-bond donors (Lipinski definition) is 1. The molecule has 1 heterocycles. The number of halogens is 1. The van der Waals surface area contributed by atoms with E-state index < -0.39 is 16.5 Å². The van der Waals surface area contributed by atoms with Crippen molar-refractivity contribution < 1.29 is 9.72 Å². The van der Waals surface area contributed by atoms with Crippen LogP contribution in [-0.2, 0) is 0 Å². The van der Waals surface area contributed by atoms with Gasteiger partial charge >= 0.3 is 5.69 Å². The standard InChI is InChI=1S/C13H16ClN3O3S/c1-21-9-4-2-3-8(7-9)16-13(18)10-5-6-15-12(14)11(10)17(19)20/h5-6,8-9H,2-4,7H2,1H3,(H,16,18). The lowest BCUT2D eigenvalue weighted by molar-refractivity contribution is -0.385. The van der Waals surface area contributed by atoms with Crippen LogP contribution < -0.4 is 5.32 Å². The van der Waals surface area contributed by atoms with Crippen LogP contribution in [0, 0.1) is 10.1 Å². The molecule has 2 atom stereocenters. The molecule has 2 unspecified atom stereocenters. The molecule has 1 N–H and O–H groups in total. The fourth-order valence-electron chi connectivity index (χ4n) is 2.54. The monoisotopic (exact) mass is 329 g/mol. The van der Waals surface area contributed by atoms with Gasteiger partial charge in [-0.25, -0.2) is 4.98 Å². The first-order valence-electron chi connectivity index (χ1n) is 6.65. The third-order valence-corrected chi connectivity index (χ3v) is 4.97. The SMILES string of the molecule is CSC1CCCC(NC(=O)c2ccnc(Cl)c2[N+](=O)[O-])C1. The third kappa shape index (κ3) is 3.85. The summed E-state index contributed by atoms with van der Waals surface area (Å²) in [4.78, 5) is 26.3. The van der Waals surface area contributed by atoms with Crippen molar-refractivity contribution in [2.24, 2.45) is 0 Å². The molecule has 21 heavy (non-hydrogen) atoms. The minimum absolute atomic E-state index is 0.0359. The molecule has 0 spiro atoms. The van der Waals surface area contributed by atoms with Gasteiger partial charge in [-0.05, 0) is 31.6 Å². The molecule has 0 aliphatic heterocycles. The van der Waals surface area contributed by atoms with E-state index in [1.165, 1.54) is 12.3 Å². The lowest BCUT2D eigenvalue weighted by atomic mass is 9.94. The van der Waals surface area contributed by atoms with Crippen molar-refractivity contribution >= 4 is 35.0 Å². The summed E-state index contributed by atoms with van der Waals surface area (Å²) in [5.74, 6) is -0.460. The number of carbonyl (C=O) groups is 1. The zero-order valence-electron chi connectivity index (χ0n) is 11.5. The van der Waals surface area contributed by atoms with E-state index in [9.17, 15) is 14.9 Å². The molecule has 0 bridgehead atoms. The minimum atomic E-state index is -0.671. The second kappa shape index (κ2) is 7.09. The van der Waals surface area contributed by atoms with Gasteiger partial charge in [-0.1, -0.05) is 18.0 Å². The van der Waals surface area contributed by atoms with Gasteiger partial charge < -0.3 is 5.32 Å². The maximum absolute atomic E-state index is 12.3. The van der Waals surface area contributed by atoms with Crippen LogP contribution in [0.5, 0.6) is 0 Å². The van der Waals surface area contributed by atoms with E-state index >= 15 is 0 Å². The number of carbonyl (C=O) groups excluding carboxylic acids is 1. The number of nitrogens with one attached hydrogen (secondary N) is 1. The predicted octanol–water partition coefficient (Wildman–Crippen LogP) is 3.05. The highest BCUT2D eigenvalue weighted by Crippen LogP contribution is 2.29. The molecule has 0 saturated heterocycles. The number of rotatable bonds is 4. The van der Waals surface area contributed by atoms with Gasteiger partial charge in [-0.3, -0.25) is 14.9 Å². The maximum Gasteiger partial charge on any atom is 0.319 e. The van der Waals surface area contributed by atoms with Crippen LogP contribution in [0.2, 0.25) is 5.15 Å². The van der Waals surface area contributed by atoms with Crippen molar-refractivity contribution in [3.63, 3.8) is 0 Å². The van der Waals surface area contributed by atoms with Gasteiger partial charge in [-0.2, -0.15) is 11.8 Å². The van der Waals surface area contributed by atoms with Crippen molar-refractivity contribution in [3.05, 3.63) is 33.1 Å². The number of thioether (sulfide) groups is 1. The molecular formula is C13H16ClN3O3S. The summed E-state index contributed by atoms with van der Waals surface area (Å²) in [7, 11) is 0. The summed E-state index contributed by atoms with van der Waals surface area (Å²) < 4.78 is 0. The first kappa shape index (κ1) is 16.0. The average molecular weight is 330 g/mol. The first-order chi connectivity index (χ1) is 10.0. The Hall–Kier alpha value is -1.34. The summed E-state index contributed by atoms with van der Waals surface area (Å²) in [6, 6.07) is 1.38. The van der Waals surface area contributed by atoms with Crippen LogP contribution in [0.15, 0.2) is 12.3 Å². The zero-order chi connectivity index (χ0) is 15.4. The molecule has 1 saturated carbocycles. The Balaban J connectivity index is 2.14. The highest BCUT2D eigenvalue weighted by molar-refractivity contribution is 7.99. The van der Waals surface area contributed by atoms with E-state index in [-0.39, 0.29) is 16.8 Å². The van der Waals surface area contributed by atoms with Gasteiger partial charge in [0, 0.05) is 17.5 Å². The molecule has 1 fully saturated rings. The van der Waals surface area contributed by atoms with Crippen molar-refractivity contribution in [1.82, 2.24) is 10.3 Å². The number of nitro groups is 1. The topological polar surface area (TPSA) is 85.1 Å². The first-order valence-corrected chi connectivity index (χ1v) is 8.32. The molecule has 1 aliphatic carbocycles. The normalized spacial score (nSPS) is 21.8. The van der Waals surface area contributed by atoms with Gasteiger partial charge in [0.1, 0.15) is 5.56 Å². The van der Waals surface area contributed by atoms with E-state index in [1.54, 1.807) is 11.8 Å². The average Bonchev–Trinajstić information content (AvgIpc) is 2.46. The van der Waals surface area contributed by atoms with Crippen molar-refractivity contribution in [2.45, 2.75) is 37.0 Å². The Morgan fingerprint density at radius 2 is 2.33 bits per heavy atom. The lowest BCUT2D eigenvalue weighted by Gasteiger charge is -2.28. The van der Waals surface area contributed by atoms with E-state index in [4.69, 9.17) is 11.6 Å². The molecule has 1 aliphatic rings. The molecule has 0 radical (unpaired) electrons. The van der Waals surface area contributed by atoms with Crippen LogP contribution in [-0.4, -0.2) is 33.4 Å². The third-order valence-electron chi connectivity index (χ3n) is 3.60. The summed E-state index contributed by atoms with van der Waals surface area (Å²) >= 11 is 7.51. The fourth-order valence-corrected chi connectivity index (χ4v) is 3.59. The second-order valence-corrected chi connectivity index (χ2v) is 6.45. The van der Waals surface area contributed by atoms with E-state index in [0.29, 0.717) is 5.25 Å². The van der Waals surface area contributed by atoms with Crippen molar-refractivity contribution in [2.75, 3.05) is 6.26 Å². The molecule has 6 nitrogen and oxygen atoms in total. The molecule has 0 aromatic carbocycles. The van der Waals surface area contributed by atoms with Crippen LogP contribution in [0.25, 0.3) is 0 Å². The molecule has 1 aromatic rings. The Kier molecular flexibility index (Phi) is 5.41. The number of hydrogen-bond acceptors (Lipinski definition) is 5. The van der Waals surface area contributed by atoms with Crippen LogP contribution in [0.4, 0.5) is 5.69 Å². The lowest BCUT2D eigenvalue weighted by Crippen LogP contribution is -2.39. The fraction of sp³-hybridized carbons (Fsp3) is 0.538. The Bertz CT molecular complexity index is 555. The maximum atomic E-state index is 12.3. The quantitative estimate of drug-likeness (QED) is 0.521. The summed E-state index contributed by atoms with van der Waals surface area (Å²) in [5.41, 5.74) is -0.472. The molecule has 1 amide bonds. The second-order valence-electron chi connectivity index (χ2n) is 4.95. The van der Waals surface area contributed by atoms with Gasteiger partial charge in [0.05, 0.1) is 4.92 Å². The highest BCUT2D eigenvalue weighted by atomic mass is 35.5. The Morgan fingerprint density at radius 3 is 3.00 bits per heavy atom. The molecular weight excluding hydrogens is 314 g/mol. The molecule has 8 heteroatoms. The summed E-state index contributed by atoms with van der Waals surface area (Å²) in [6.45, 7) is 0. The van der Waals surface area contributed by atoms with Crippen LogP contribution in [0.1, 0.15) is 36.0 Å². The van der Waals surface area contributed by atoms with Gasteiger partial charge in [0.2, 0.25) is 5.15 Å². The number of aromatic nitrogens is 1. The van der Waals surface area contributed by atoms with Gasteiger partial charge in [0.15, 0.2) is 0 Å². The Morgan fingerprint density at radius 1 is 1.57 bits per heavy atom. The number of pyridine rings is 1. The minimum Gasteiger partial charge on any atom is -0.349 e. The van der Waals surface area contributed by atoms with Crippen molar-refractivity contribution in [3.8, 4) is 0 Å². The molecule has 1 aromatic heterocycles. The summed E-state index contributed by atoms with van der Waals surface area (Å²) in [5, 5.41) is 14.2. The van der Waals surface area contributed by atoms with E-state index in [0.717, 1.165) is 25.7 Å². The molecule has 114 valence electrons. The largest absolute Gasteiger partial charge is 0.349 e. The molecule has 2 rings (SSSR count). The van der Waals surface area contributed by atoms with Crippen LogP contribution in [0.3, 0.4) is 0 Å². The van der Waals surface area contributed by atoms with Crippen LogP contribution >= 0.6 is 23.4 Å². The van der Waals surface area contributed by atoms with Crippen molar-refractivity contribution in [1.29, 1.82) is 0 Å². The smallest absolute Gasteiger partial charge is 0.319 e. The van der Waals surface area contributed by atoms with E-state index in [1.807, 2.05) is 0 Å². The van der Waals surface area contributed by atoms with Gasteiger partial charge in [-0.15, -0.1) is 0 Å². The predicted molar refractivity (Wildman–Crippen MR) is 82.9 cm³/mol. The van der Waals surface area contributed by atoms with Gasteiger partial charge in [0.25, 0.3) is 5.91 Å². The summed E-state index contributed by atoms with van der Waals surface area (Å²) in [6.07, 6.45) is 7.34. The zero-order valence-corrected chi connectivity index (χ0v) is 13.1. The number of nitrogens with zero attached hydrogens (tertiary/aromatic N) is 2. The number of amides is 1. The highest BCUT2D eigenvalue weighted by Gasteiger charge is 2.28. The van der Waals surface area contributed by atoms with E-state index in [2.05, 4.69) is 16.6 Å².